The third-order valence-electron chi connectivity index (χ3n) is 2.22. The third-order valence-corrected chi connectivity index (χ3v) is 3.57. The molecule has 0 heterocycles. The molecule has 0 aromatic heterocycles. The van der Waals surface area contributed by atoms with Gasteiger partial charge in [-0.3, -0.25) is 4.79 Å². The summed E-state index contributed by atoms with van der Waals surface area (Å²) in [6.45, 7) is 4.02. The molecule has 0 spiro atoms. The predicted molar refractivity (Wildman–Crippen MR) is 71.0 cm³/mol. The second-order valence-electron chi connectivity index (χ2n) is 3.63. The van der Waals surface area contributed by atoms with Crippen molar-refractivity contribution < 1.29 is 22.7 Å². The molecule has 0 aliphatic heterocycles. The zero-order valence-corrected chi connectivity index (χ0v) is 12.3. The van der Waals surface area contributed by atoms with Crippen LogP contribution in [0.15, 0.2) is 23.1 Å². The van der Waals surface area contributed by atoms with Crippen LogP contribution >= 0.6 is 10.7 Å². The first-order valence-corrected chi connectivity index (χ1v) is 8.05. The van der Waals surface area contributed by atoms with Crippen molar-refractivity contribution in [3.8, 4) is 5.75 Å². The number of halogens is 1. The smallest absolute Gasteiger partial charge is 0.310 e. The highest BCUT2D eigenvalue weighted by Crippen LogP contribution is 2.28. The highest BCUT2D eigenvalue weighted by molar-refractivity contribution is 8.13. The SMILES string of the molecule is CCOC(=O)Cc1ccc(OCC)c(S(=O)(=O)Cl)c1. The minimum absolute atomic E-state index is 0.0142. The molecule has 1 aromatic carbocycles. The molecule has 0 amide bonds. The predicted octanol–water partition coefficient (Wildman–Crippen LogP) is 2.12. The van der Waals surface area contributed by atoms with Crippen molar-refractivity contribution in [2.45, 2.75) is 25.2 Å². The number of carbonyl (C=O) groups is 1. The maximum absolute atomic E-state index is 11.5. The summed E-state index contributed by atoms with van der Waals surface area (Å²) in [5, 5.41) is 0. The maximum Gasteiger partial charge on any atom is 0.310 e. The van der Waals surface area contributed by atoms with E-state index in [9.17, 15) is 13.2 Å². The largest absolute Gasteiger partial charge is 0.492 e. The van der Waals surface area contributed by atoms with E-state index in [-0.39, 0.29) is 23.7 Å². The minimum Gasteiger partial charge on any atom is -0.492 e. The van der Waals surface area contributed by atoms with Crippen molar-refractivity contribution in [3.63, 3.8) is 0 Å². The van der Waals surface area contributed by atoms with Gasteiger partial charge in [-0.2, -0.15) is 0 Å². The molecule has 0 saturated carbocycles. The van der Waals surface area contributed by atoms with Crippen LogP contribution in [0.3, 0.4) is 0 Å². The topological polar surface area (TPSA) is 69.7 Å². The number of rotatable bonds is 6. The number of benzene rings is 1. The van der Waals surface area contributed by atoms with E-state index in [1.54, 1.807) is 19.9 Å². The summed E-state index contributed by atoms with van der Waals surface area (Å²) in [5.41, 5.74) is 0.501. The third kappa shape index (κ3) is 4.72. The molecule has 0 aliphatic rings. The highest BCUT2D eigenvalue weighted by Gasteiger charge is 2.18. The molecule has 5 nitrogen and oxygen atoms in total. The molecule has 106 valence electrons. The Kier molecular flexibility index (Phi) is 5.62. The summed E-state index contributed by atoms with van der Waals surface area (Å²) in [4.78, 5) is 11.2. The summed E-state index contributed by atoms with van der Waals surface area (Å²) in [7, 11) is 1.41. The van der Waals surface area contributed by atoms with Gasteiger partial charge < -0.3 is 9.47 Å². The van der Waals surface area contributed by atoms with Gasteiger partial charge in [0.2, 0.25) is 0 Å². The molecule has 0 unspecified atom stereocenters. The van der Waals surface area contributed by atoms with Crippen LogP contribution in [-0.4, -0.2) is 27.6 Å². The number of carbonyl (C=O) groups excluding carboxylic acids is 1. The Morgan fingerprint density at radius 1 is 1.26 bits per heavy atom. The van der Waals surface area contributed by atoms with Crippen LogP contribution in [0, 0.1) is 0 Å². The molecule has 1 rings (SSSR count). The monoisotopic (exact) mass is 306 g/mol. The average molecular weight is 307 g/mol. The zero-order chi connectivity index (χ0) is 14.5. The van der Waals surface area contributed by atoms with Gasteiger partial charge in [-0.25, -0.2) is 8.42 Å². The zero-order valence-electron chi connectivity index (χ0n) is 10.7. The van der Waals surface area contributed by atoms with E-state index in [1.807, 2.05) is 0 Å². The van der Waals surface area contributed by atoms with Crippen LogP contribution in [0.25, 0.3) is 0 Å². The van der Waals surface area contributed by atoms with Gasteiger partial charge >= 0.3 is 5.97 Å². The van der Waals surface area contributed by atoms with Crippen molar-refractivity contribution in [2.24, 2.45) is 0 Å². The lowest BCUT2D eigenvalue weighted by Gasteiger charge is -2.09. The van der Waals surface area contributed by atoms with Crippen LogP contribution in [0.2, 0.25) is 0 Å². The second kappa shape index (κ2) is 6.77. The van der Waals surface area contributed by atoms with Gasteiger partial charge in [0, 0.05) is 10.7 Å². The van der Waals surface area contributed by atoms with E-state index in [0.717, 1.165) is 0 Å². The van der Waals surface area contributed by atoms with E-state index in [2.05, 4.69) is 0 Å². The normalized spacial score (nSPS) is 11.1. The van der Waals surface area contributed by atoms with Crippen LogP contribution in [-0.2, 0) is 25.0 Å². The summed E-state index contributed by atoms with van der Waals surface area (Å²) >= 11 is 0. The van der Waals surface area contributed by atoms with Gasteiger partial charge in [-0.15, -0.1) is 0 Å². The van der Waals surface area contributed by atoms with Gasteiger partial charge in [0.05, 0.1) is 19.6 Å². The average Bonchev–Trinajstić information content (AvgIpc) is 2.30. The number of hydrogen-bond acceptors (Lipinski definition) is 5. The van der Waals surface area contributed by atoms with Crippen molar-refractivity contribution in [3.05, 3.63) is 23.8 Å². The lowest BCUT2D eigenvalue weighted by molar-refractivity contribution is -0.142. The number of ether oxygens (including phenoxy) is 2. The van der Waals surface area contributed by atoms with E-state index in [1.165, 1.54) is 12.1 Å². The van der Waals surface area contributed by atoms with Gasteiger partial charge in [-0.05, 0) is 31.5 Å². The number of hydrogen-bond donors (Lipinski definition) is 0. The first-order valence-electron chi connectivity index (χ1n) is 5.74. The summed E-state index contributed by atoms with van der Waals surface area (Å²) in [6.07, 6.45) is -0.0142. The lowest BCUT2D eigenvalue weighted by atomic mass is 10.1. The molecule has 0 saturated heterocycles. The molecule has 0 atom stereocenters. The first-order chi connectivity index (χ1) is 8.88. The highest BCUT2D eigenvalue weighted by atomic mass is 35.7. The van der Waals surface area contributed by atoms with E-state index < -0.39 is 15.0 Å². The van der Waals surface area contributed by atoms with Gasteiger partial charge in [0.25, 0.3) is 9.05 Å². The Morgan fingerprint density at radius 3 is 2.47 bits per heavy atom. The van der Waals surface area contributed by atoms with E-state index in [0.29, 0.717) is 12.2 Å². The molecular weight excluding hydrogens is 292 g/mol. The van der Waals surface area contributed by atoms with Crippen LogP contribution < -0.4 is 4.74 Å². The summed E-state index contributed by atoms with van der Waals surface area (Å²) in [6, 6.07) is 4.41. The van der Waals surface area contributed by atoms with Crippen LogP contribution in [0.4, 0.5) is 0 Å². The Hall–Kier alpha value is -1.27. The van der Waals surface area contributed by atoms with Crippen molar-refractivity contribution in [1.82, 2.24) is 0 Å². The maximum atomic E-state index is 11.5. The fourth-order valence-electron chi connectivity index (χ4n) is 1.51. The lowest BCUT2D eigenvalue weighted by Crippen LogP contribution is -2.08. The number of esters is 1. The molecule has 19 heavy (non-hydrogen) atoms. The standard InChI is InChI=1S/C12H15ClO5S/c1-3-17-10-6-5-9(8-12(14)18-4-2)7-11(10)19(13,15)16/h5-7H,3-4,8H2,1-2H3. The Labute approximate surface area is 116 Å². The molecule has 0 fully saturated rings. The Bertz CT molecular complexity index is 553. The molecule has 0 aliphatic carbocycles. The van der Waals surface area contributed by atoms with E-state index >= 15 is 0 Å². The van der Waals surface area contributed by atoms with Gasteiger partial charge in [-0.1, -0.05) is 6.07 Å². The van der Waals surface area contributed by atoms with Crippen LogP contribution in [0.1, 0.15) is 19.4 Å². The first kappa shape index (κ1) is 15.8. The van der Waals surface area contributed by atoms with E-state index in [4.69, 9.17) is 20.2 Å². The molecular formula is C12H15ClO5S. The quantitative estimate of drug-likeness (QED) is 0.595. The van der Waals surface area contributed by atoms with Gasteiger partial charge in [0.1, 0.15) is 10.6 Å². The summed E-state index contributed by atoms with van der Waals surface area (Å²) < 4.78 is 32.9. The fourth-order valence-corrected chi connectivity index (χ4v) is 2.53. The minimum atomic E-state index is -3.93. The Balaban J connectivity index is 3.08. The molecule has 0 N–H and O–H groups in total. The molecule has 0 radical (unpaired) electrons. The van der Waals surface area contributed by atoms with Crippen molar-refractivity contribution in [1.29, 1.82) is 0 Å². The fraction of sp³-hybridized carbons (Fsp3) is 0.417. The van der Waals surface area contributed by atoms with Crippen molar-refractivity contribution in [2.75, 3.05) is 13.2 Å². The van der Waals surface area contributed by atoms with Crippen LogP contribution in [0.5, 0.6) is 5.75 Å². The summed E-state index contributed by atoms with van der Waals surface area (Å²) in [5.74, 6) is -0.255. The molecule has 0 bridgehead atoms. The molecule has 1 aromatic rings. The Morgan fingerprint density at radius 2 is 1.95 bits per heavy atom. The molecule has 7 heteroatoms. The van der Waals surface area contributed by atoms with Gasteiger partial charge in [0.15, 0.2) is 0 Å². The second-order valence-corrected chi connectivity index (χ2v) is 6.17. The van der Waals surface area contributed by atoms with Crippen molar-refractivity contribution >= 4 is 25.7 Å².